The summed E-state index contributed by atoms with van der Waals surface area (Å²) >= 11 is 3.46. The fraction of sp³-hybridized carbons (Fsp3) is 0.364. The van der Waals surface area contributed by atoms with E-state index < -0.39 is 11.7 Å². The quantitative estimate of drug-likeness (QED) is 0.542. The number of hydrogen-bond donors (Lipinski definition) is 0. The SMILES string of the molecule is COC(=O)CC[C@@]1(c2ccc(F)cc2)CCN([C@@H](C)c2cccc(Br)c2)C(=O)O1. The van der Waals surface area contributed by atoms with Crippen molar-refractivity contribution in [3.05, 3.63) is 69.9 Å². The summed E-state index contributed by atoms with van der Waals surface area (Å²) < 4.78 is 25.0. The highest BCUT2D eigenvalue weighted by atomic mass is 79.9. The van der Waals surface area contributed by atoms with Crippen LogP contribution in [0, 0.1) is 5.82 Å². The van der Waals surface area contributed by atoms with Crippen LogP contribution in [0.3, 0.4) is 0 Å². The molecule has 1 saturated heterocycles. The fourth-order valence-corrected chi connectivity index (χ4v) is 4.07. The molecule has 0 unspecified atom stereocenters. The van der Waals surface area contributed by atoms with E-state index in [4.69, 9.17) is 9.47 Å². The molecule has 5 nitrogen and oxygen atoms in total. The molecule has 1 aliphatic heterocycles. The Morgan fingerprint density at radius 3 is 2.66 bits per heavy atom. The molecule has 0 aromatic heterocycles. The Balaban J connectivity index is 1.84. The summed E-state index contributed by atoms with van der Waals surface area (Å²) in [5, 5.41) is 0. The van der Waals surface area contributed by atoms with Crippen molar-refractivity contribution in [2.24, 2.45) is 0 Å². The van der Waals surface area contributed by atoms with Gasteiger partial charge in [0.05, 0.1) is 13.2 Å². The molecule has 1 fully saturated rings. The molecule has 2 atom stereocenters. The Hall–Kier alpha value is -2.41. The first-order valence-corrected chi connectivity index (χ1v) is 10.2. The van der Waals surface area contributed by atoms with Crippen LogP contribution in [0.25, 0.3) is 0 Å². The lowest BCUT2D eigenvalue weighted by Crippen LogP contribution is -2.49. The molecule has 1 heterocycles. The van der Waals surface area contributed by atoms with Gasteiger partial charge in [0.2, 0.25) is 0 Å². The molecule has 0 radical (unpaired) electrons. The Morgan fingerprint density at radius 2 is 2.03 bits per heavy atom. The Labute approximate surface area is 177 Å². The number of esters is 1. The molecular weight excluding hydrogens is 441 g/mol. The van der Waals surface area contributed by atoms with Gasteiger partial charge in [-0.25, -0.2) is 9.18 Å². The number of hydrogen-bond acceptors (Lipinski definition) is 4. The zero-order valence-electron chi connectivity index (χ0n) is 16.4. The third-order valence-electron chi connectivity index (χ3n) is 5.40. The Morgan fingerprint density at radius 1 is 1.31 bits per heavy atom. The smallest absolute Gasteiger partial charge is 0.411 e. The monoisotopic (exact) mass is 463 g/mol. The standard InChI is InChI=1S/C22H23BrFNO4/c1-15(16-4-3-5-18(23)14-16)25-13-12-22(29-21(25)27,11-10-20(26)28-2)17-6-8-19(24)9-7-17/h3-9,14-15H,10-13H2,1-2H3/t15-,22-/m0/s1. The van der Waals surface area contributed by atoms with Gasteiger partial charge < -0.3 is 14.4 Å². The highest BCUT2D eigenvalue weighted by Crippen LogP contribution is 2.40. The van der Waals surface area contributed by atoms with Gasteiger partial charge in [-0.1, -0.05) is 40.2 Å². The van der Waals surface area contributed by atoms with Crippen LogP contribution in [-0.2, 0) is 19.9 Å². The molecule has 2 aromatic rings. The van der Waals surface area contributed by atoms with Crippen molar-refractivity contribution in [1.29, 1.82) is 0 Å². The van der Waals surface area contributed by atoms with Gasteiger partial charge in [0.25, 0.3) is 0 Å². The molecule has 2 aromatic carbocycles. The average Bonchev–Trinajstić information content (AvgIpc) is 2.72. The maximum atomic E-state index is 13.4. The van der Waals surface area contributed by atoms with Crippen LogP contribution >= 0.6 is 15.9 Å². The van der Waals surface area contributed by atoms with Crippen LogP contribution in [0.2, 0.25) is 0 Å². The molecule has 0 spiro atoms. The van der Waals surface area contributed by atoms with E-state index in [2.05, 4.69) is 15.9 Å². The van der Waals surface area contributed by atoms with Gasteiger partial charge in [0.1, 0.15) is 11.4 Å². The number of rotatable bonds is 6. The van der Waals surface area contributed by atoms with Crippen molar-refractivity contribution < 1.29 is 23.5 Å². The van der Waals surface area contributed by atoms with Crippen LogP contribution < -0.4 is 0 Å². The number of carbonyl (C=O) groups is 2. The van der Waals surface area contributed by atoms with Crippen LogP contribution in [0.5, 0.6) is 0 Å². The zero-order valence-corrected chi connectivity index (χ0v) is 17.9. The molecule has 3 rings (SSSR count). The molecule has 1 aliphatic rings. The van der Waals surface area contributed by atoms with Gasteiger partial charge in [0.15, 0.2) is 0 Å². The molecule has 0 bridgehead atoms. The highest BCUT2D eigenvalue weighted by molar-refractivity contribution is 9.10. The number of carbonyl (C=O) groups excluding carboxylic acids is 2. The lowest BCUT2D eigenvalue weighted by molar-refractivity contribution is -0.143. The highest BCUT2D eigenvalue weighted by Gasteiger charge is 2.43. The van der Waals surface area contributed by atoms with E-state index in [0.29, 0.717) is 18.5 Å². The van der Waals surface area contributed by atoms with Crippen molar-refractivity contribution in [3.8, 4) is 0 Å². The minimum atomic E-state index is -0.994. The predicted molar refractivity (Wildman–Crippen MR) is 110 cm³/mol. The van der Waals surface area contributed by atoms with E-state index in [1.54, 1.807) is 17.0 Å². The van der Waals surface area contributed by atoms with E-state index in [0.717, 1.165) is 10.0 Å². The normalized spacial score (nSPS) is 20.1. The van der Waals surface area contributed by atoms with E-state index in [1.807, 2.05) is 31.2 Å². The summed E-state index contributed by atoms with van der Waals surface area (Å²) in [7, 11) is 1.32. The number of cyclic esters (lactones) is 1. The average molecular weight is 464 g/mol. The third kappa shape index (κ3) is 4.78. The lowest BCUT2D eigenvalue weighted by Gasteiger charge is -2.43. The van der Waals surface area contributed by atoms with Gasteiger partial charge >= 0.3 is 12.1 Å². The van der Waals surface area contributed by atoms with Crippen molar-refractivity contribution in [1.82, 2.24) is 4.90 Å². The summed E-state index contributed by atoms with van der Waals surface area (Å²) in [6.45, 7) is 2.40. The van der Waals surface area contributed by atoms with Gasteiger partial charge in [-0.2, -0.15) is 0 Å². The molecule has 1 amide bonds. The third-order valence-corrected chi connectivity index (χ3v) is 5.90. The second-order valence-corrected chi connectivity index (χ2v) is 8.04. The van der Waals surface area contributed by atoms with Crippen molar-refractivity contribution in [2.75, 3.05) is 13.7 Å². The topological polar surface area (TPSA) is 55.8 Å². The molecule has 0 aliphatic carbocycles. The molecule has 0 N–H and O–H groups in total. The van der Waals surface area contributed by atoms with Crippen LogP contribution in [0.15, 0.2) is 53.0 Å². The molecular formula is C22H23BrFNO4. The maximum Gasteiger partial charge on any atom is 0.411 e. The lowest BCUT2D eigenvalue weighted by atomic mass is 9.84. The number of methoxy groups -OCH3 is 1. The van der Waals surface area contributed by atoms with Crippen LogP contribution in [0.4, 0.5) is 9.18 Å². The zero-order chi connectivity index (χ0) is 21.0. The number of halogens is 2. The van der Waals surface area contributed by atoms with Gasteiger partial charge in [-0.15, -0.1) is 0 Å². The predicted octanol–water partition coefficient (Wildman–Crippen LogP) is 5.34. The summed E-state index contributed by atoms with van der Waals surface area (Å²) in [5.74, 6) is -0.753. The number of benzene rings is 2. The van der Waals surface area contributed by atoms with Gasteiger partial charge in [-0.05, 0) is 42.3 Å². The Kier molecular flexibility index (Phi) is 6.57. The largest absolute Gasteiger partial charge is 0.469 e. The number of ether oxygens (including phenoxy) is 2. The Bertz CT molecular complexity index is 889. The van der Waals surface area contributed by atoms with Crippen LogP contribution in [0.1, 0.15) is 43.4 Å². The summed E-state index contributed by atoms with van der Waals surface area (Å²) in [5.41, 5.74) is 0.665. The second-order valence-electron chi connectivity index (χ2n) is 7.12. The minimum Gasteiger partial charge on any atom is -0.469 e. The first-order chi connectivity index (χ1) is 13.8. The molecule has 29 heavy (non-hydrogen) atoms. The molecule has 0 saturated carbocycles. The van der Waals surface area contributed by atoms with E-state index in [9.17, 15) is 14.0 Å². The maximum absolute atomic E-state index is 13.4. The van der Waals surface area contributed by atoms with Crippen LogP contribution in [-0.4, -0.2) is 30.6 Å². The van der Waals surface area contributed by atoms with E-state index >= 15 is 0 Å². The van der Waals surface area contributed by atoms with Gasteiger partial charge in [0, 0.05) is 30.3 Å². The fourth-order valence-electron chi connectivity index (χ4n) is 3.65. The number of nitrogens with zero attached hydrogens (tertiary/aromatic N) is 1. The summed E-state index contributed by atoms with van der Waals surface area (Å²) in [6, 6.07) is 13.5. The molecule has 154 valence electrons. The number of amides is 1. The van der Waals surface area contributed by atoms with Crippen molar-refractivity contribution in [3.63, 3.8) is 0 Å². The second kappa shape index (κ2) is 8.95. The first-order valence-electron chi connectivity index (χ1n) is 9.42. The van der Waals surface area contributed by atoms with Crippen molar-refractivity contribution in [2.45, 2.75) is 37.8 Å². The van der Waals surface area contributed by atoms with E-state index in [-0.39, 0.29) is 30.7 Å². The van der Waals surface area contributed by atoms with Gasteiger partial charge in [-0.3, -0.25) is 4.79 Å². The minimum absolute atomic E-state index is 0.0995. The van der Waals surface area contributed by atoms with E-state index in [1.165, 1.54) is 19.2 Å². The van der Waals surface area contributed by atoms with Crippen molar-refractivity contribution >= 4 is 28.0 Å². The summed E-state index contributed by atoms with van der Waals surface area (Å²) in [4.78, 5) is 26.3. The summed E-state index contributed by atoms with van der Waals surface area (Å²) in [6.07, 6.45) is 0.399. The molecule has 7 heteroatoms. The first kappa shape index (κ1) is 21.3.